The molecule has 0 unspecified atom stereocenters. The Morgan fingerprint density at radius 3 is 1.86 bits per heavy atom. The van der Waals surface area contributed by atoms with Crippen LogP contribution in [0, 0.1) is 0 Å². The monoisotopic (exact) mass is 101 g/mol. The lowest BCUT2D eigenvalue weighted by Crippen LogP contribution is -2.10. The van der Waals surface area contributed by atoms with Crippen molar-refractivity contribution in [2.45, 2.75) is 6.92 Å². The van der Waals surface area contributed by atoms with Crippen molar-refractivity contribution in [3.05, 3.63) is 12.2 Å². The molecule has 0 spiro atoms. The summed E-state index contributed by atoms with van der Waals surface area (Å²) in [7, 11) is 0. The van der Waals surface area contributed by atoms with Gasteiger partial charge in [0.05, 0.1) is 0 Å². The highest BCUT2D eigenvalue weighted by Crippen LogP contribution is 1.78. The molecule has 7 heavy (non-hydrogen) atoms. The Morgan fingerprint density at radius 1 is 1.71 bits per heavy atom. The molecule has 0 rings (SSSR count). The largest absolute Gasteiger partial charge is 0.366 e. The number of hydrogen-bond acceptors (Lipinski definition) is 1. The molecule has 3 nitrogen and oxygen atoms in total. The molecule has 0 atom stereocenters. The highest BCUT2D eigenvalue weighted by atomic mass is 16.1. The minimum absolute atomic E-state index is 0. The van der Waals surface area contributed by atoms with Gasteiger partial charge in [0.1, 0.15) is 0 Å². The molecule has 0 aromatic rings. The molecular formula is C4H7NO2. The summed E-state index contributed by atoms with van der Waals surface area (Å²) in [6, 6.07) is 0. The third-order valence-corrected chi connectivity index (χ3v) is 0.421. The van der Waals surface area contributed by atoms with Crippen LogP contribution in [0.5, 0.6) is 0 Å². The maximum atomic E-state index is 9.82. The summed E-state index contributed by atoms with van der Waals surface area (Å²) in [4.78, 5) is 9.82. The Bertz CT molecular complexity index is 75.7. The Labute approximate surface area is 42.1 Å². The zero-order valence-electron chi connectivity index (χ0n) is 4.10. The lowest BCUT2D eigenvalue weighted by molar-refractivity contribution is -0.114. The second kappa shape index (κ2) is 3.36. The van der Waals surface area contributed by atoms with Gasteiger partial charge in [0.15, 0.2) is 0 Å². The first-order valence-electron chi connectivity index (χ1n) is 1.60. The normalized spacial score (nSPS) is 6.43. The number of rotatable bonds is 1. The van der Waals surface area contributed by atoms with Gasteiger partial charge >= 0.3 is 0 Å². The molecule has 0 fully saturated rings. The summed E-state index contributed by atoms with van der Waals surface area (Å²) < 4.78 is 0. The molecule has 0 aliphatic heterocycles. The molecule has 0 aromatic carbocycles. The van der Waals surface area contributed by atoms with E-state index in [9.17, 15) is 4.79 Å². The molecule has 0 saturated heterocycles. The molecule has 2 radical (unpaired) electrons. The maximum absolute atomic E-state index is 9.82. The molecule has 0 bridgehead atoms. The van der Waals surface area contributed by atoms with Crippen molar-refractivity contribution in [1.29, 1.82) is 0 Å². The van der Waals surface area contributed by atoms with Crippen molar-refractivity contribution in [2.24, 2.45) is 5.73 Å². The number of carbonyl (C=O) groups excluding carboxylic acids is 1. The van der Waals surface area contributed by atoms with Crippen molar-refractivity contribution in [3.63, 3.8) is 0 Å². The molecule has 3 heteroatoms. The smallest absolute Gasteiger partial charge is 0.243 e. The summed E-state index contributed by atoms with van der Waals surface area (Å²) in [5.41, 5.74) is 5.09. The third kappa shape index (κ3) is 5.17. The Morgan fingerprint density at radius 2 is 1.86 bits per heavy atom. The lowest BCUT2D eigenvalue weighted by atomic mass is 10.3. The number of primary amides is 1. The van der Waals surface area contributed by atoms with Crippen LogP contribution in [0.4, 0.5) is 0 Å². The Balaban J connectivity index is 0. The number of carbonyl (C=O) groups is 1. The fourth-order valence-electron chi connectivity index (χ4n) is 0. The number of hydrogen-bond donors (Lipinski definition) is 1. The van der Waals surface area contributed by atoms with Crippen LogP contribution in [-0.2, 0) is 10.3 Å². The standard InChI is InChI=1S/C4H7NO.O/c1-3(2)4(5)6;/h1H2,2H3,(H2,5,6);. The maximum Gasteiger partial charge on any atom is 0.243 e. The number of amides is 1. The van der Waals surface area contributed by atoms with Gasteiger partial charge in [-0.15, -0.1) is 0 Å². The van der Waals surface area contributed by atoms with Crippen LogP contribution in [0.25, 0.3) is 0 Å². The summed E-state index contributed by atoms with van der Waals surface area (Å²) >= 11 is 0. The summed E-state index contributed by atoms with van der Waals surface area (Å²) in [6.07, 6.45) is 0. The van der Waals surface area contributed by atoms with Crippen molar-refractivity contribution in [2.75, 3.05) is 0 Å². The van der Waals surface area contributed by atoms with Crippen molar-refractivity contribution in [3.8, 4) is 0 Å². The van der Waals surface area contributed by atoms with Gasteiger partial charge in [0.25, 0.3) is 0 Å². The first kappa shape index (κ1) is 9.48. The van der Waals surface area contributed by atoms with Gasteiger partial charge in [0.2, 0.25) is 5.91 Å². The second-order valence-corrected chi connectivity index (χ2v) is 1.14. The SMILES string of the molecule is C=C(C)C(N)=O.[O]. The van der Waals surface area contributed by atoms with Crippen LogP contribution in [-0.4, -0.2) is 5.91 Å². The van der Waals surface area contributed by atoms with Gasteiger partial charge in [0, 0.05) is 11.0 Å². The molecule has 40 valence electrons. The Hall–Kier alpha value is -0.830. The first-order valence-corrected chi connectivity index (χ1v) is 1.60. The van der Waals surface area contributed by atoms with Gasteiger partial charge in [-0.3, -0.25) is 4.79 Å². The average Bonchev–Trinajstić information content (AvgIpc) is 1.36. The summed E-state index contributed by atoms with van der Waals surface area (Å²) in [5.74, 6) is -0.435. The molecule has 2 N–H and O–H groups in total. The summed E-state index contributed by atoms with van der Waals surface area (Å²) in [6.45, 7) is 4.85. The highest BCUT2D eigenvalue weighted by molar-refractivity contribution is 5.90. The minimum atomic E-state index is -0.435. The highest BCUT2D eigenvalue weighted by Gasteiger charge is 1.86. The average molecular weight is 101 g/mol. The van der Waals surface area contributed by atoms with Crippen LogP contribution in [0.3, 0.4) is 0 Å². The molecule has 0 aliphatic rings. The van der Waals surface area contributed by atoms with E-state index in [0.29, 0.717) is 5.57 Å². The van der Waals surface area contributed by atoms with Crippen LogP contribution in [0.1, 0.15) is 6.92 Å². The van der Waals surface area contributed by atoms with Crippen LogP contribution in [0.15, 0.2) is 12.2 Å². The van der Waals surface area contributed by atoms with E-state index in [1.807, 2.05) is 0 Å². The fraction of sp³-hybridized carbons (Fsp3) is 0.250. The summed E-state index contributed by atoms with van der Waals surface area (Å²) in [5, 5.41) is 0. The predicted octanol–water partition coefficient (Wildman–Crippen LogP) is -0.0710. The number of nitrogens with two attached hydrogens (primary N) is 1. The van der Waals surface area contributed by atoms with Crippen LogP contribution in [0.2, 0.25) is 0 Å². The van der Waals surface area contributed by atoms with Gasteiger partial charge in [-0.2, -0.15) is 0 Å². The van der Waals surface area contributed by atoms with E-state index in [1.54, 1.807) is 6.92 Å². The van der Waals surface area contributed by atoms with E-state index in [1.165, 1.54) is 0 Å². The molecular weight excluding hydrogens is 94.0 g/mol. The molecule has 0 heterocycles. The van der Waals surface area contributed by atoms with Gasteiger partial charge < -0.3 is 5.73 Å². The molecule has 0 aromatic heterocycles. The van der Waals surface area contributed by atoms with Crippen molar-refractivity contribution < 1.29 is 10.3 Å². The molecule has 1 amide bonds. The van der Waals surface area contributed by atoms with E-state index < -0.39 is 5.91 Å². The van der Waals surface area contributed by atoms with Crippen LogP contribution >= 0.6 is 0 Å². The lowest BCUT2D eigenvalue weighted by Gasteiger charge is -1.81. The van der Waals surface area contributed by atoms with Gasteiger partial charge in [-0.05, 0) is 6.92 Å². The van der Waals surface area contributed by atoms with Crippen molar-refractivity contribution >= 4 is 5.91 Å². The second-order valence-electron chi connectivity index (χ2n) is 1.14. The first-order chi connectivity index (χ1) is 2.64. The third-order valence-electron chi connectivity index (χ3n) is 0.421. The zero-order chi connectivity index (χ0) is 5.15. The van der Waals surface area contributed by atoms with E-state index >= 15 is 0 Å². The predicted molar refractivity (Wildman–Crippen MR) is 24.7 cm³/mol. The van der Waals surface area contributed by atoms with Crippen molar-refractivity contribution in [1.82, 2.24) is 0 Å². The van der Waals surface area contributed by atoms with E-state index in [-0.39, 0.29) is 5.48 Å². The zero-order valence-corrected chi connectivity index (χ0v) is 4.10. The van der Waals surface area contributed by atoms with E-state index in [0.717, 1.165) is 0 Å². The van der Waals surface area contributed by atoms with E-state index in [2.05, 4.69) is 6.58 Å². The molecule has 0 aliphatic carbocycles. The molecule has 0 saturated carbocycles. The van der Waals surface area contributed by atoms with Gasteiger partial charge in [-0.1, -0.05) is 6.58 Å². The fourth-order valence-corrected chi connectivity index (χ4v) is 0. The topological polar surface area (TPSA) is 71.6 Å². The van der Waals surface area contributed by atoms with Crippen LogP contribution < -0.4 is 5.73 Å². The minimum Gasteiger partial charge on any atom is -0.366 e. The van der Waals surface area contributed by atoms with Gasteiger partial charge in [-0.25, -0.2) is 0 Å². The quantitative estimate of drug-likeness (QED) is 0.461. The van der Waals surface area contributed by atoms with E-state index in [4.69, 9.17) is 5.73 Å². The Kier molecular flexibility index (Phi) is 4.56.